The molecule has 0 fully saturated rings. The van der Waals surface area contributed by atoms with Gasteiger partial charge in [0.15, 0.2) is 0 Å². The van der Waals surface area contributed by atoms with Crippen molar-refractivity contribution in [2.45, 2.75) is 13.0 Å². The number of hydrogen-bond donors (Lipinski definition) is 1. The number of anilines is 1. The van der Waals surface area contributed by atoms with E-state index in [0.717, 1.165) is 5.56 Å². The molecule has 84 valence electrons. The number of alkyl halides is 1. The summed E-state index contributed by atoms with van der Waals surface area (Å²) in [4.78, 5) is 4.01. The van der Waals surface area contributed by atoms with Gasteiger partial charge in [-0.15, -0.1) is 16.7 Å². The molecule has 6 heteroatoms. The number of pyridine rings is 1. The zero-order valence-electron chi connectivity index (χ0n) is 8.56. The Bertz CT molecular complexity index is 431. The van der Waals surface area contributed by atoms with E-state index in [2.05, 4.69) is 20.5 Å². The molecule has 5 nitrogen and oxygen atoms in total. The van der Waals surface area contributed by atoms with Crippen LogP contribution in [-0.2, 0) is 13.0 Å². The summed E-state index contributed by atoms with van der Waals surface area (Å²) in [5.74, 6) is 1.02. The SMILES string of the molecule is ClCCc1nnc(NCc2cccnc2)o1. The van der Waals surface area contributed by atoms with Crippen LogP contribution in [-0.4, -0.2) is 21.1 Å². The molecule has 0 aliphatic rings. The molecule has 0 spiro atoms. The van der Waals surface area contributed by atoms with E-state index in [4.69, 9.17) is 16.0 Å². The van der Waals surface area contributed by atoms with Crippen molar-refractivity contribution in [2.24, 2.45) is 0 Å². The van der Waals surface area contributed by atoms with Gasteiger partial charge in [0.25, 0.3) is 0 Å². The van der Waals surface area contributed by atoms with Gasteiger partial charge in [-0.2, -0.15) is 0 Å². The van der Waals surface area contributed by atoms with Crippen LogP contribution in [0.2, 0.25) is 0 Å². The maximum atomic E-state index is 5.56. The molecule has 0 unspecified atom stereocenters. The zero-order valence-corrected chi connectivity index (χ0v) is 9.31. The summed E-state index contributed by atoms with van der Waals surface area (Å²) in [6.45, 7) is 0.607. The minimum Gasteiger partial charge on any atom is -0.408 e. The van der Waals surface area contributed by atoms with Crippen molar-refractivity contribution in [3.05, 3.63) is 36.0 Å². The topological polar surface area (TPSA) is 63.8 Å². The highest BCUT2D eigenvalue weighted by molar-refractivity contribution is 6.17. The number of nitrogens with one attached hydrogen (secondary N) is 1. The minimum atomic E-state index is 0.406. The second-order valence-electron chi connectivity index (χ2n) is 3.15. The summed E-state index contributed by atoms with van der Waals surface area (Å²) in [5, 5.41) is 10.7. The smallest absolute Gasteiger partial charge is 0.315 e. The first-order chi connectivity index (χ1) is 7.88. The number of hydrogen-bond acceptors (Lipinski definition) is 5. The van der Waals surface area contributed by atoms with Crippen LogP contribution in [0.1, 0.15) is 11.5 Å². The molecule has 0 aliphatic carbocycles. The van der Waals surface area contributed by atoms with Crippen molar-refractivity contribution in [3.8, 4) is 0 Å². The van der Waals surface area contributed by atoms with Crippen LogP contribution < -0.4 is 5.32 Å². The Hall–Kier alpha value is -1.62. The van der Waals surface area contributed by atoms with E-state index < -0.39 is 0 Å². The van der Waals surface area contributed by atoms with Crippen LogP contribution in [0, 0.1) is 0 Å². The highest BCUT2D eigenvalue weighted by Crippen LogP contribution is 2.08. The first kappa shape index (κ1) is 10.9. The van der Waals surface area contributed by atoms with Crippen LogP contribution in [0.25, 0.3) is 0 Å². The van der Waals surface area contributed by atoms with Gasteiger partial charge in [-0.25, -0.2) is 0 Å². The van der Waals surface area contributed by atoms with Gasteiger partial charge in [-0.3, -0.25) is 4.98 Å². The Morgan fingerprint density at radius 2 is 2.31 bits per heavy atom. The molecule has 0 aliphatic heterocycles. The molecule has 0 saturated carbocycles. The van der Waals surface area contributed by atoms with Crippen molar-refractivity contribution in [1.29, 1.82) is 0 Å². The van der Waals surface area contributed by atoms with Gasteiger partial charge in [0.05, 0.1) is 0 Å². The van der Waals surface area contributed by atoms with E-state index in [9.17, 15) is 0 Å². The largest absolute Gasteiger partial charge is 0.408 e. The molecule has 16 heavy (non-hydrogen) atoms. The second kappa shape index (κ2) is 5.46. The number of aromatic nitrogens is 3. The monoisotopic (exact) mass is 238 g/mol. The van der Waals surface area contributed by atoms with Gasteiger partial charge in [-0.05, 0) is 11.6 Å². The summed E-state index contributed by atoms with van der Waals surface area (Å²) in [5.41, 5.74) is 1.06. The van der Waals surface area contributed by atoms with E-state index in [1.54, 1.807) is 12.4 Å². The van der Waals surface area contributed by atoms with E-state index in [0.29, 0.717) is 30.8 Å². The lowest BCUT2D eigenvalue weighted by molar-refractivity contribution is 0.512. The molecule has 0 atom stereocenters. The van der Waals surface area contributed by atoms with E-state index in [1.165, 1.54) is 0 Å². The van der Waals surface area contributed by atoms with Crippen molar-refractivity contribution >= 4 is 17.6 Å². The number of rotatable bonds is 5. The second-order valence-corrected chi connectivity index (χ2v) is 3.53. The molecule has 0 aromatic carbocycles. The highest BCUT2D eigenvalue weighted by atomic mass is 35.5. The standard InChI is InChI=1S/C10H11ClN4O/c11-4-3-9-14-15-10(16-9)13-7-8-2-1-5-12-6-8/h1-2,5-6H,3-4,7H2,(H,13,15). The maximum absolute atomic E-state index is 5.56. The lowest BCUT2D eigenvalue weighted by Gasteiger charge is -1.99. The number of aryl methyl sites for hydroxylation is 1. The molecule has 0 saturated heterocycles. The van der Waals surface area contributed by atoms with E-state index >= 15 is 0 Å². The zero-order chi connectivity index (χ0) is 11.2. The fraction of sp³-hybridized carbons (Fsp3) is 0.300. The van der Waals surface area contributed by atoms with Crippen molar-refractivity contribution in [1.82, 2.24) is 15.2 Å². The third-order valence-electron chi connectivity index (χ3n) is 1.94. The fourth-order valence-electron chi connectivity index (χ4n) is 1.19. The lowest BCUT2D eigenvalue weighted by atomic mass is 10.3. The van der Waals surface area contributed by atoms with E-state index in [1.807, 2.05) is 12.1 Å². The Morgan fingerprint density at radius 3 is 3.06 bits per heavy atom. The lowest BCUT2D eigenvalue weighted by Crippen LogP contribution is -1.99. The summed E-state index contributed by atoms with van der Waals surface area (Å²) in [6.07, 6.45) is 4.10. The summed E-state index contributed by atoms with van der Waals surface area (Å²) >= 11 is 5.56. The van der Waals surface area contributed by atoms with Crippen molar-refractivity contribution in [3.63, 3.8) is 0 Å². The summed E-state index contributed by atoms with van der Waals surface area (Å²) in [6, 6.07) is 4.25. The molecule has 0 bridgehead atoms. The first-order valence-electron chi connectivity index (χ1n) is 4.89. The van der Waals surface area contributed by atoms with Crippen LogP contribution in [0.3, 0.4) is 0 Å². The third-order valence-corrected chi connectivity index (χ3v) is 2.13. The number of nitrogens with zero attached hydrogens (tertiary/aromatic N) is 3. The normalized spacial score (nSPS) is 10.3. The molecule has 2 aromatic heterocycles. The van der Waals surface area contributed by atoms with Gasteiger partial charge in [0.1, 0.15) is 0 Å². The summed E-state index contributed by atoms with van der Waals surface area (Å²) in [7, 11) is 0. The quantitative estimate of drug-likeness (QED) is 0.806. The van der Waals surface area contributed by atoms with E-state index in [-0.39, 0.29) is 0 Å². The average molecular weight is 239 g/mol. The molecular formula is C10H11ClN4O. The average Bonchev–Trinajstić information content (AvgIpc) is 2.76. The third kappa shape index (κ3) is 2.93. The van der Waals surface area contributed by atoms with Gasteiger partial charge < -0.3 is 9.73 Å². The van der Waals surface area contributed by atoms with Crippen LogP contribution in [0.5, 0.6) is 0 Å². The van der Waals surface area contributed by atoms with Crippen LogP contribution >= 0.6 is 11.6 Å². The van der Waals surface area contributed by atoms with Crippen LogP contribution in [0.15, 0.2) is 28.9 Å². The molecular weight excluding hydrogens is 228 g/mol. The molecule has 0 amide bonds. The summed E-state index contributed by atoms with van der Waals surface area (Å²) < 4.78 is 5.31. The Balaban J connectivity index is 1.89. The number of halogens is 1. The molecule has 2 aromatic rings. The van der Waals surface area contributed by atoms with Gasteiger partial charge >= 0.3 is 6.01 Å². The highest BCUT2D eigenvalue weighted by Gasteiger charge is 2.04. The van der Waals surface area contributed by atoms with Crippen molar-refractivity contribution < 1.29 is 4.42 Å². The molecule has 2 heterocycles. The first-order valence-corrected chi connectivity index (χ1v) is 5.43. The Kier molecular flexibility index (Phi) is 3.71. The van der Waals surface area contributed by atoms with Crippen LogP contribution in [0.4, 0.5) is 6.01 Å². The Labute approximate surface area is 97.9 Å². The maximum Gasteiger partial charge on any atom is 0.315 e. The molecule has 0 radical (unpaired) electrons. The predicted octanol–water partition coefficient (Wildman–Crippen LogP) is 1.86. The Morgan fingerprint density at radius 1 is 1.38 bits per heavy atom. The fourth-order valence-corrected chi connectivity index (χ4v) is 1.35. The van der Waals surface area contributed by atoms with Gasteiger partial charge in [0.2, 0.25) is 5.89 Å². The molecule has 2 rings (SSSR count). The van der Waals surface area contributed by atoms with Gasteiger partial charge in [0, 0.05) is 31.2 Å². The minimum absolute atomic E-state index is 0.406. The van der Waals surface area contributed by atoms with Crippen molar-refractivity contribution in [2.75, 3.05) is 11.2 Å². The van der Waals surface area contributed by atoms with Gasteiger partial charge in [-0.1, -0.05) is 11.2 Å². The molecule has 1 N–H and O–H groups in total. The predicted molar refractivity (Wildman–Crippen MR) is 60.3 cm³/mol.